The van der Waals surface area contributed by atoms with Crippen LogP contribution in [0.15, 0.2) is 94.9 Å². The lowest BCUT2D eigenvalue weighted by Gasteiger charge is -2.23. The van der Waals surface area contributed by atoms with Crippen molar-refractivity contribution in [1.29, 1.82) is 0 Å². The summed E-state index contributed by atoms with van der Waals surface area (Å²) in [5, 5.41) is 3.94. The van der Waals surface area contributed by atoms with E-state index in [0.29, 0.717) is 5.69 Å². The van der Waals surface area contributed by atoms with E-state index in [2.05, 4.69) is 10.5 Å². The zero-order chi connectivity index (χ0) is 20.7. The van der Waals surface area contributed by atoms with Crippen molar-refractivity contribution in [2.24, 2.45) is 5.10 Å². The molecule has 3 aromatic rings. The number of carbonyl (C=O) groups is 1. The van der Waals surface area contributed by atoms with Crippen molar-refractivity contribution in [3.63, 3.8) is 0 Å². The fourth-order valence-electron chi connectivity index (χ4n) is 2.72. The number of anilines is 1. The number of para-hydroxylation sites is 1. The van der Waals surface area contributed by atoms with E-state index in [1.54, 1.807) is 48.5 Å². The molecule has 0 unspecified atom stereocenters. The Balaban J connectivity index is 1.79. The van der Waals surface area contributed by atoms with Crippen LogP contribution >= 0.6 is 0 Å². The molecule has 0 bridgehead atoms. The second kappa shape index (κ2) is 9.16. The predicted molar refractivity (Wildman–Crippen MR) is 114 cm³/mol. The molecule has 29 heavy (non-hydrogen) atoms. The van der Waals surface area contributed by atoms with Gasteiger partial charge in [-0.15, -0.1) is 0 Å². The van der Waals surface area contributed by atoms with Crippen LogP contribution in [-0.2, 0) is 14.8 Å². The van der Waals surface area contributed by atoms with Crippen LogP contribution in [0.4, 0.5) is 5.69 Å². The zero-order valence-corrected chi connectivity index (χ0v) is 16.7. The Kier molecular flexibility index (Phi) is 6.41. The largest absolute Gasteiger partial charge is 0.271 e. The lowest BCUT2D eigenvalue weighted by atomic mass is 10.2. The average molecular weight is 407 g/mol. The highest BCUT2D eigenvalue weighted by molar-refractivity contribution is 7.92. The van der Waals surface area contributed by atoms with E-state index in [4.69, 9.17) is 0 Å². The van der Waals surface area contributed by atoms with Crippen LogP contribution in [0.2, 0.25) is 0 Å². The van der Waals surface area contributed by atoms with E-state index in [1.165, 1.54) is 18.3 Å². The fraction of sp³-hybridized carbons (Fsp3) is 0.0909. The number of hydrogen-bond donors (Lipinski definition) is 1. The van der Waals surface area contributed by atoms with Gasteiger partial charge >= 0.3 is 0 Å². The van der Waals surface area contributed by atoms with Gasteiger partial charge in [-0.1, -0.05) is 66.2 Å². The summed E-state index contributed by atoms with van der Waals surface area (Å²) in [7, 11) is -3.91. The molecule has 0 saturated heterocycles. The number of benzene rings is 3. The second-order valence-corrected chi connectivity index (χ2v) is 8.23. The van der Waals surface area contributed by atoms with Crippen LogP contribution in [-0.4, -0.2) is 27.1 Å². The maximum absolute atomic E-state index is 13.1. The van der Waals surface area contributed by atoms with Crippen molar-refractivity contribution in [2.75, 3.05) is 10.8 Å². The predicted octanol–water partition coefficient (Wildman–Crippen LogP) is 3.34. The summed E-state index contributed by atoms with van der Waals surface area (Å²) in [6.07, 6.45) is 1.52. The van der Waals surface area contributed by atoms with Gasteiger partial charge in [-0.25, -0.2) is 13.8 Å². The van der Waals surface area contributed by atoms with Crippen molar-refractivity contribution in [3.05, 3.63) is 96.1 Å². The summed E-state index contributed by atoms with van der Waals surface area (Å²) in [5.41, 5.74) is 4.71. The van der Waals surface area contributed by atoms with Gasteiger partial charge in [0.05, 0.1) is 16.8 Å². The lowest BCUT2D eigenvalue weighted by Crippen LogP contribution is -2.39. The minimum absolute atomic E-state index is 0.111. The monoisotopic (exact) mass is 407 g/mol. The Labute approximate surface area is 170 Å². The molecule has 0 spiro atoms. The molecule has 1 N–H and O–H groups in total. The minimum Gasteiger partial charge on any atom is -0.271 e. The standard InChI is InChI=1S/C22H21N3O3S/c1-18-9-8-10-19(15-18)16-23-24-22(26)17-25(20-11-4-2-5-12-20)29(27,28)21-13-6-3-7-14-21/h2-16H,17H2,1H3,(H,24,26)/b23-16+. The van der Waals surface area contributed by atoms with Gasteiger partial charge in [0.25, 0.3) is 15.9 Å². The van der Waals surface area contributed by atoms with Crippen molar-refractivity contribution >= 4 is 27.8 Å². The Morgan fingerprint density at radius 3 is 2.28 bits per heavy atom. The van der Waals surface area contributed by atoms with Crippen molar-refractivity contribution < 1.29 is 13.2 Å². The molecule has 7 heteroatoms. The van der Waals surface area contributed by atoms with Crippen molar-refractivity contribution in [3.8, 4) is 0 Å². The SMILES string of the molecule is Cc1cccc(/C=N/NC(=O)CN(c2ccccc2)S(=O)(=O)c2ccccc2)c1. The van der Waals surface area contributed by atoms with Gasteiger partial charge in [-0.05, 0) is 36.8 Å². The number of hydrazone groups is 1. The maximum atomic E-state index is 13.1. The Bertz CT molecular complexity index is 1100. The number of amides is 1. The third-order valence-electron chi connectivity index (χ3n) is 4.11. The Morgan fingerprint density at radius 1 is 0.966 bits per heavy atom. The number of rotatable bonds is 7. The number of nitrogens with zero attached hydrogens (tertiary/aromatic N) is 2. The molecule has 0 aliphatic carbocycles. The summed E-state index contributed by atoms with van der Waals surface area (Å²) in [6, 6.07) is 24.2. The van der Waals surface area contributed by atoms with E-state index in [1.807, 2.05) is 31.2 Å². The van der Waals surface area contributed by atoms with Crippen LogP contribution in [0, 0.1) is 6.92 Å². The van der Waals surface area contributed by atoms with Crippen LogP contribution in [0.3, 0.4) is 0 Å². The van der Waals surface area contributed by atoms with Crippen LogP contribution < -0.4 is 9.73 Å². The topological polar surface area (TPSA) is 78.8 Å². The molecule has 3 aromatic carbocycles. The molecule has 0 saturated carbocycles. The molecule has 0 radical (unpaired) electrons. The number of nitrogens with one attached hydrogen (secondary N) is 1. The summed E-state index contributed by atoms with van der Waals surface area (Å²) in [6.45, 7) is 1.56. The molecular formula is C22H21N3O3S. The van der Waals surface area contributed by atoms with Crippen LogP contribution in [0.5, 0.6) is 0 Å². The van der Waals surface area contributed by atoms with Crippen molar-refractivity contribution in [1.82, 2.24) is 5.43 Å². The van der Waals surface area contributed by atoms with Gasteiger partial charge in [-0.3, -0.25) is 9.10 Å². The first-order valence-electron chi connectivity index (χ1n) is 8.98. The number of sulfonamides is 1. The van der Waals surface area contributed by atoms with Gasteiger partial charge in [0.2, 0.25) is 0 Å². The summed E-state index contributed by atoms with van der Waals surface area (Å²) >= 11 is 0. The highest BCUT2D eigenvalue weighted by atomic mass is 32.2. The summed E-state index contributed by atoms with van der Waals surface area (Å²) < 4.78 is 27.3. The van der Waals surface area contributed by atoms with Gasteiger partial charge in [0, 0.05) is 0 Å². The Hall–Kier alpha value is -3.45. The van der Waals surface area contributed by atoms with E-state index in [9.17, 15) is 13.2 Å². The van der Waals surface area contributed by atoms with Gasteiger partial charge in [0.1, 0.15) is 6.54 Å². The van der Waals surface area contributed by atoms with E-state index < -0.39 is 22.5 Å². The van der Waals surface area contributed by atoms with Gasteiger partial charge in [-0.2, -0.15) is 5.10 Å². The third kappa shape index (κ3) is 5.30. The first-order chi connectivity index (χ1) is 14.0. The van der Waals surface area contributed by atoms with E-state index >= 15 is 0 Å². The van der Waals surface area contributed by atoms with Gasteiger partial charge < -0.3 is 0 Å². The molecule has 0 aliphatic rings. The molecule has 0 aliphatic heterocycles. The highest BCUT2D eigenvalue weighted by Crippen LogP contribution is 2.23. The van der Waals surface area contributed by atoms with Crippen LogP contribution in [0.1, 0.15) is 11.1 Å². The fourth-order valence-corrected chi connectivity index (χ4v) is 4.17. The van der Waals surface area contributed by atoms with Crippen LogP contribution in [0.25, 0.3) is 0 Å². The first kappa shape index (κ1) is 20.3. The number of carbonyl (C=O) groups excluding carboxylic acids is 1. The number of aryl methyl sites for hydroxylation is 1. The molecule has 0 heterocycles. The normalized spacial score (nSPS) is 11.3. The van der Waals surface area contributed by atoms with E-state index in [-0.39, 0.29) is 4.90 Å². The van der Waals surface area contributed by atoms with Gasteiger partial charge in [0.15, 0.2) is 0 Å². The minimum atomic E-state index is -3.91. The molecule has 3 rings (SSSR count). The number of hydrogen-bond acceptors (Lipinski definition) is 4. The quantitative estimate of drug-likeness (QED) is 0.482. The molecule has 0 aromatic heterocycles. The average Bonchev–Trinajstić information content (AvgIpc) is 2.73. The summed E-state index contributed by atoms with van der Waals surface area (Å²) in [5.74, 6) is -0.544. The molecular weight excluding hydrogens is 386 g/mol. The second-order valence-electron chi connectivity index (χ2n) is 6.37. The van der Waals surface area contributed by atoms with E-state index in [0.717, 1.165) is 15.4 Å². The first-order valence-corrected chi connectivity index (χ1v) is 10.4. The smallest absolute Gasteiger partial charge is 0.264 e. The molecule has 0 atom stereocenters. The molecule has 6 nitrogen and oxygen atoms in total. The molecule has 0 fully saturated rings. The third-order valence-corrected chi connectivity index (χ3v) is 5.90. The molecule has 1 amide bonds. The lowest BCUT2D eigenvalue weighted by molar-refractivity contribution is -0.119. The van der Waals surface area contributed by atoms with Crippen molar-refractivity contribution in [2.45, 2.75) is 11.8 Å². The highest BCUT2D eigenvalue weighted by Gasteiger charge is 2.26. The maximum Gasteiger partial charge on any atom is 0.264 e. The Morgan fingerprint density at radius 2 is 1.62 bits per heavy atom. The molecule has 148 valence electrons. The summed E-state index contributed by atoms with van der Waals surface area (Å²) in [4.78, 5) is 12.5. The zero-order valence-electron chi connectivity index (χ0n) is 15.9.